The Bertz CT molecular complexity index is 2880. The van der Waals surface area contributed by atoms with Crippen LogP contribution < -0.4 is 81.9 Å². The monoisotopic (exact) mass is 650 g/mol. The van der Waals surface area contributed by atoms with E-state index in [1.165, 1.54) is 142 Å². The summed E-state index contributed by atoms with van der Waals surface area (Å²) in [4.78, 5) is 0. The molecule has 1 nitrogen and oxygen atoms in total. The smallest absolute Gasteiger partial charge is 0.139 e. The fourth-order valence-electron chi connectivity index (χ4n) is 9.80. The summed E-state index contributed by atoms with van der Waals surface area (Å²) in [5, 5.41) is 10.7. The quantitative estimate of drug-likeness (QED) is 0.134. The second kappa shape index (κ2) is 12.1. The van der Waals surface area contributed by atoms with Gasteiger partial charge in [-0.2, -0.15) is 0 Å². The molecule has 0 saturated carbocycles. The van der Waals surface area contributed by atoms with Crippen LogP contribution in [0.2, 0.25) is 0 Å². The van der Waals surface area contributed by atoms with Crippen molar-refractivity contribution in [2.45, 2.75) is 0 Å². The van der Waals surface area contributed by atoms with Gasteiger partial charge in [-0.25, -0.2) is 0 Å². The summed E-state index contributed by atoms with van der Waals surface area (Å²) in [6, 6.07) is 15.4. The maximum atomic E-state index is 6.36. The highest BCUT2D eigenvalue weighted by Gasteiger charge is 2.28. The van der Waals surface area contributed by atoms with Crippen molar-refractivity contribution in [3.63, 3.8) is 0 Å². The SMILES string of the molecule is Bc1c(B)c(B)c2c(-c3c4c(B)c(B)c(B)c(B)c4c(-c4ccc5oc6ccccc6c5c4)c4c(B)c(B)c(B)c(B)c34)c(B)c(B)c(B)c2c1B. The number of rotatable bonds is 2. The molecule has 0 N–H and O–H groups in total. The zero-order chi connectivity index (χ0) is 37.4. The number of hydrogen-bond acceptors (Lipinski definition) is 1. The number of hydrogen-bond donors (Lipinski definition) is 0. The van der Waals surface area contributed by atoms with E-state index in [9.17, 15) is 0 Å². The Morgan fingerprint density at radius 1 is 0.288 bits per heavy atom. The maximum absolute atomic E-state index is 6.36. The average Bonchev–Trinajstić information content (AvgIpc) is 3.51. The lowest BCUT2D eigenvalue weighted by Gasteiger charge is -2.31. The molecule has 8 rings (SSSR count). The first-order valence-corrected chi connectivity index (χ1v) is 19.0. The highest BCUT2D eigenvalue weighted by Crippen LogP contribution is 2.42. The van der Waals surface area contributed by atoms with Crippen molar-refractivity contribution < 1.29 is 4.42 Å². The molecule has 0 aliphatic carbocycles. The first kappa shape index (κ1) is 35.1. The van der Waals surface area contributed by atoms with E-state index in [-0.39, 0.29) is 0 Å². The summed E-state index contributed by atoms with van der Waals surface area (Å²) in [7, 11) is 35.2. The number of fused-ring (bicyclic) bond motifs is 6. The fourth-order valence-corrected chi connectivity index (χ4v) is 9.80. The van der Waals surface area contributed by atoms with Crippen LogP contribution in [0.25, 0.3) is 76.5 Å². The normalized spacial score (nSPS) is 11.8. The molecule has 0 amide bonds. The van der Waals surface area contributed by atoms with Gasteiger partial charge in [0.05, 0.1) is 0 Å². The molecule has 8 aromatic rings. The summed E-state index contributed by atoms with van der Waals surface area (Å²) in [5.41, 5.74) is 28.1. The van der Waals surface area contributed by atoms with E-state index in [1.807, 2.05) is 0 Å². The van der Waals surface area contributed by atoms with Crippen LogP contribution in [0.4, 0.5) is 0 Å². The van der Waals surface area contributed by atoms with Crippen LogP contribution >= 0.6 is 0 Å². The largest absolute Gasteiger partial charge is 0.456 e. The van der Waals surface area contributed by atoms with Crippen molar-refractivity contribution in [2.75, 3.05) is 0 Å². The summed E-state index contributed by atoms with van der Waals surface area (Å²) < 4.78 is 6.36. The van der Waals surface area contributed by atoms with Gasteiger partial charge in [-0.15, -0.1) is 38.2 Å². The standard InChI is InChI=1S/C36H37B15O/c37-22-15-13(8-5-6-12-10(7-8)9-3-1-2-4-11(9)52-12)16-18(26(41)34(49)32(47)23(16)38)14(17(15)25(40)33(48)31(22)46)19-20-21(28(43)30(45)24(19)39)29(44)36(51)35(50)27(20)42/h1-7H,37-51H2. The second-order valence-electron chi connectivity index (χ2n) is 16.1. The van der Waals surface area contributed by atoms with Crippen LogP contribution in [0.3, 0.4) is 0 Å². The van der Waals surface area contributed by atoms with Gasteiger partial charge in [0.2, 0.25) is 0 Å². The predicted octanol–water partition coefficient (Wildman–Crippen LogP) is -15.7. The Balaban J connectivity index is 1.75. The minimum Gasteiger partial charge on any atom is -0.456 e. The highest BCUT2D eigenvalue weighted by atomic mass is 16.3. The van der Waals surface area contributed by atoms with E-state index in [1.54, 1.807) is 0 Å². The minimum atomic E-state index is 0.934. The average molecular weight is 648 g/mol. The van der Waals surface area contributed by atoms with Gasteiger partial charge in [-0.05, 0) is 72.8 Å². The molecule has 1 aromatic heterocycles. The third-order valence-electron chi connectivity index (χ3n) is 14.1. The van der Waals surface area contributed by atoms with Crippen LogP contribution in [0.1, 0.15) is 0 Å². The topological polar surface area (TPSA) is 13.1 Å². The van der Waals surface area contributed by atoms with Crippen molar-refractivity contribution in [3.8, 4) is 22.3 Å². The lowest BCUT2D eigenvalue weighted by molar-refractivity contribution is 0.669. The van der Waals surface area contributed by atoms with E-state index in [0.717, 1.165) is 16.6 Å². The number of para-hydroxylation sites is 1. The van der Waals surface area contributed by atoms with E-state index in [2.05, 4.69) is 160 Å². The molecular weight excluding hydrogens is 611 g/mol. The number of benzene rings is 7. The molecule has 0 saturated heterocycles. The Kier molecular flexibility index (Phi) is 8.15. The Morgan fingerprint density at radius 2 is 0.654 bits per heavy atom. The molecule has 52 heavy (non-hydrogen) atoms. The van der Waals surface area contributed by atoms with Crippen LogP contribution in [-0.4, -0.2) is 118 Å². The summed E-state index contributed by atoms with van der Waals surface area (Å²) >= 11 is 0. The summed E-state index contributed by atoms with van der Waals surface area (Å²) in [5.74, 6) is 0. The first-order valence-electron chi connectivity index (χ1n) is 19.0. The van der Waals surface area contributed by atoms with E-state index >= 15 is 0 Å². The third-order valence-corrected chi connectivity index (χ3v) is 14.1. The van der Waals surface area contributed by atoms with Gasteiger partial charge in [-0.3, -0.25) is 0 Å². The molecule has 7 aromatic carbocycles. The molecule has 1 heterocycles. The Hall–Kier alpha value is -3.91. The van der Waals surface area contributed by atoms with Gasteiger partial charge in [0, 0.05) is 10.8 Å². The van der Waals surface area contributed by atoms with Gasteiger partial charge in [-0.1, -0.05) is 68.0 Å². The molecule has 232 valence electrons. The second-order valence-corrected chi connectivity index (χ2v) is 16.1. The summed E-state index contributed by atoms with van der Waals surface area (Å²) in [6.45, 7) is 0. The number of furan rings is 1. The molecule has 0 aliphatic rings. The zero-order valence-corrected chi connectivity index (χ0v) is 33.9. The van der Waals surface area contributed by atoms with Gasteiger partial charge in [0.1, 0.15) is 129 Å². The van der Waals surface area contributed by atoms with Crippen LogP contribution in [-0.2, 0) is 0 Å². The maximum Gasteiger partial charge on any atom is 0.139 e. The van der Waals surface area contributed by atoms with Gasteiger partial charge in [0.25, 0.3) is 0 Å². The fraction of sp³-hybridized carbons (Fsp3) is 0. The Morgan fingerprint density at radius 3 is 1.13 bits per heavy atom. The van der Waals surface area contributed by atoms with Crippen molar-refractivity contribution in [2.24, 2.45) is 0 Å². The molecule has 0 bridgehead atoms. The Labute approximate surface area is 321 Å². The minimum absolute atomic E-state index is 0.934. The first-order chi connectivity index (χ1) is 24.6. The van der Waals surface area contributed by atoms with Crippen LogP contribution in [0.5, 0.6) is 0 Å². The van der Waals surface area contributed by atoms with Gasteiger partial charge < -0.3 is 4.42 Å². The third kappa shape index (κ3) is 4.51. The zero-order valence-electron chi connectivity index (χ0n) is 33.9. The van der Waals surface area contributed by atoms with E-state index in [4.69, 9.17) is 4.42 Å². The predicted molar refractivity (Wildman–Crippen MR) is 280 cm³/mol. The van der Waals surface area contributed by atoms with Crippen molar-refractivity contribution in [1.29, 1.82) is 0 Å². The van der Waals surface area contributed by atoms with Crippen LogP contribution in [0, 0.1) is 0 Å². The molecule has 0 unspecified atom stereocenters. The van der Waals surface area contributed by atoms with E-state index < -0.39 is 0 Å². The van der Waals surface area contributed by atoms with Crippen molar-refractivity contribution in [1.82, 2.24) is 0 Å². The lowest BCUT2D eigenvalue weighted by Crippen LogP contribution is -2.53. The molecule has 0 radical (unpaired) electrons. The van der Waals surface area contributed by atoms with Gasteiger partial charge >= 0.3 is 0 Å². The van der Waals surface area contributed by atoms with E-state index in [0.29, 0.717) is 0 Å². The van der Waals surface area contributed by atoms with Crippen molar-refractivity contribution in [3.05, 3.63) is 42.5 Å². The van der Waals surface area contributed by atoms with Crippen LogP contribution in [0.15, 0.2) is 46.9 Å². The molecular formula is C36H37B15O. The highest BCUT2D eigenvalue weighted by molar-refractivity contribution is 6.74. The summed E-state index contributed by atoms with van der Waals surface area (Å²) in [6.07, 6.45) is 0. The molecule has 16 heteroatoms. The molecule has 0 fully saturated rings. The van der Waals surface area contributed by atoms with Gasteiger partial charge in [0.15, 0.2) is 0 Å². The lowest BCUT2D eigenvalue weighted by atomic mass is 9.56. The molecule has 0 aliphatic heterocycles. The molecule has 0 atom stereocenters. The van der Waals surface area contributed by atoms with Crippen molar-refractivity contribution >= 4 is 254 Å². The molecule has 0 spiro atoms.